The van der Waals surface area contributed by atoms with E-state index in [4.69, 9.17) is 0 Å². The number of benzene rings is 1. The fourth-order valence-electron chi connectivity index (χ4n) is 3.06. The molecule has 3 heteroatoms. The molecule has 3 nitrogen and oxygen atoms in total. The zero-order valence-electron chi connectivity index (χ0n) is 11.6. The van der Waals surface area contributed by atoms with Crippen LogP contribution in [0.1, 0.15) is 30.9 Å². The number of amides is 2. The number of hydrogen-bond acceptors (Lipinski definition) is 1. The van der Waals surface area contributed by atoms with Crippen LogP contribution in [0.5, 0.6) is 0 Å². The van der Waals surface area contributed by atoms with Gasteiger partial charge in [0.1, 0.15) is 0 Å². The topological polar surface area (TPSA) is 23.6 Å². The second-order valence-corrected chi connectivity index (χ2v) is 5.89. The van der Waals surface area contributed by atoms with Crippen molar-refractivity contribution in [3.8, 4) is 0 Å². The van der Waals surface area contributed by atoms with Crippen molar-refractivity contribution in [2.45, 2.75) is 32.7 Å². The molecule has 0 saturated carbocycles. The molecule has 2 aliphatic rings. The van der Waals surface area contributed by atoms with E-state index in [0.717, 1.165) is 51.4 Å². The van der Waals surface area contributed by atoms with Gasteiger partial charge in [0.25, 0.3) is 0 Å². The molecule has 0 aliphatic carbocycles. The molecule has 2 heterocycles. The Labute approximate surface area is 115 Å². The maximum absolute atomic E-state index is 12.5. The van der Waals surface area contributed by atoms with E-state index in [1.165, 1.54) is 11.1 Å². The molecule has 0 radical (unpaired) electrons. The molecule has 0 N–H and O–H groups in total. The summed E-state index contributed by atoms with van der Waals surface area (Å²) in [6.07, 6.45) is 3.29. The SMILES string of the molecule is CC1CCN(C(=O)N2CCc3ccccc3C2)CC1. The lowest BCUT2D eigenvalue weighted by Gasteiger charge is -2.37. The molecule has 1 aromatic rings. The van der Waals surface area contributed by atoms with Crippen LogP contribution in [0.25, 0.3) is 0 Å². The average molecular weight is 258 g/mol. The number of likely N-dealkylation sites (tertiary alicyclic amines) is 1. The maximum atomic E-state index is 12.5. The van der Waals surface area contributed by atoms with Gasteiger partial charge in [-0.3, -0.25) is 0 Å². The van der Waals surface area contributed by atoms with Gasteiger partial charge < -0.3 is 9.80 Å². The lowest BCUT2D eigenvalue weighted by atomic mass is 9.98. The van der Waals surface area contributed by atoms with Crippen molar-refractivity contribution in [2.75, 3.05) is 19.6 Å². The summed E-state index contributed by atoms with van der Waals surface area (Å²) in [6.45, 7) is 5.78. The van der Waals surface area contributed by atoms with E-state index in [0.29, 0.717) is 0 Å². The van der Waals surface area contributed by atoms with Crippen molar-refractivity contribution in [3.05, 3.63) is 35.4 Å². The van der Waals surface area contributed by atoms with Crippen molar-refractivity contribution < 1.29 is 4.79 Å². The molecule has 0 atom stereocenters. The van der Waals surface area contributed by atoms with Gasteiger partial charge >= 0.3 is 6.03 Å². The monoisotopic (exact) mass is 258 g/mol. The first-order valence-corrected chi connectivity index (χ1v) is 7.34. The van der Waals surface area contributed by atoms with Gasteiger partial charge in [-0.15, -0.1) is 0 Å². The van der Waals surface area contributed by atoms with Crippen LogP contribution in [0.3, 0.4) is 0 Å². The minimum absolute atomic E-state index is 0.237. The van der Waals surface area contributed by atoms with Gasteiger partial charge in [0, 0.05) is 26.2 Å². The molecular weight excluding hydrogens is 236 g/mol. The maximum Gasteiger partial charge on any atom is 0.320 e. The summed E-state index contributed by atoms with van der Waals surface area (Å²) in [5.41, 5.74) is 2.71. The molecule has 102 valence electrons. The summed E-state index contributed by atoms with van der Waals surface area (Å²) in [6, 6.07) is 8.71. The largest absolute Gasteiger partial charge is 0.325 e. The highest BCUT2D eigenvalue weighted by molar-refractivity contribution is 5.75. The zero-order chi connectivity index (χ0) is 13.2. The number of nitrogens with zero attached hydrogens (tertiary/aromatic N) is 2. The number of fused-ring (bicyclic) bond motifs is 1. The van der Waals surface area contributed by atoms with Gasteiger partial charge in [0.2, 0.25) is 0 Å². The van der Waals surface area contributed by atoms with Crippen LogP contribution in [0.2, 0.25) is 0 Å². The van der Waals surface area contributed by atoms with Crippen molar-refractivity contribution >= 4 is 6.03 Å². The third kappa shape index (κ3) is 2.60. The van der Waals surface area contributed by atoms with Gasteiger partial charge in [0.05, 0.1) is 0 Å². The summed E-state index contributed by atoms with van der Waals surface area (Å²) in [5, 5.41) is 0. The van der Waals surface area contributed by atoms with Gasteiger partial charge in [-0.1, -0.05) is 31.2 Å². The number of urea groups is 1. The number of rotatable bonds is 0. The molecule has 2 aliphatic heterocycles. The Morgan fingerprint density at radius 2 is 1.74 bits per heavy atom. The highest BCUT2D eigenvalue weighted by Crippen LogP contribution is 2.22. The third-order valence-electron chi connectivity index (χ3n) is 4.46. The summed E-state index contributed by atoms with van der Waals surface area (Å²) in [5.74, 6) is 0.770. The Hall–Kier alpha value is -1.51. The van der Waals surface area contributed by atoms with Gasteiger partial charge in [-0.05, 0) is 36.3 Å². The summed E-state index contributed by atoms with van der Waals surface area (Å²) in [4.78, 5) is 16.6. The number of piperidine rings is 1. The first-order valence-electron chi connectivity index (χ1n) is 7.34. The Balaban J connectivity index is 1.66. The van der Waals surface area contributed by atoms with Crippen LogP contribution >= 0.6 is 0 Å². The molecule has 1 fully saturated rings. The fourth-order valence-corrected chi connectivity index (χ4v) is 3.06. The van der Waals surface area contributed by atoms with E-state index >= 15 is 0 Å². The van der Waals surface area contributed by atoms with E-state index in [-0.39, 0.29) is 6.03 Å². The normalized spacial score (nSPS) is 20.3. The minimum Gasteiger partial charge on any atom is -0.325 e. The molecule has 19 heavy (non-hydrogen) atoms. The van der Waals surface area contributed by atoms with E-state index < -0.39 is 0 Å². The van der Waals surface area contributed by atoms with E-state index in [1.807, 2.05) is 9.80 Å². The highest BCUT2D eigenvalue weighted by atomic mass is 16.2. The predicted octanol–water partition coefficient (Wildman–Crippen LogP) is 2.90. The molecule has 1 saturated heterocycles. The van der Waals surface area contributed by atoms with Crippen molar-refractivity contribution in [3.63, 3.8) is 0 Å². The minimum atomic E-state index is 0.237. The first kappa shape index (κ1) is 12.5. The van der Waals surface area contributed by atoms with Crippen molar-refractivity contribution in [2.24, 2.45) is 5.92 Å². The van der Waals surface area contributed by atoms with E-state index in [1.54, 1.807) is 0 Å². The van der Waals surface area contributed by atoms with Crippen LogP contribution in [-0.2, 0) is 13.0 Å². The summed E-state index contributed by atoms with van der Waals surface area (Å²) < 4.78 is 0. The van der Waals surface area contributed by atoms with E-state index in [9.17, 15) is 4.79 Å². The average Bonchev–Trinajstić information content (AvgIpc) is 2.47. The van der Waals surface area contributed by atoms with Crippen LogP contribution in [0.15, 0.2) is 24.3 Å². The first-order chi connectivity index (χ1) is 9.24. The summed E-state index contributed by atoms with van der Waals surface area (Å²) >= 11 is 0. The lowest BCUT2D eigenvalue weighted by molar-refractivity contribution is 0.130. The predicted molar refractivity (Wildman–Crippen MR) is 75.9 cm³/mol. The second kappa shape index (κ2) is 5.24. The van der Waals surface area contributed by atoms with Crippen molar-refractivity contribution in [1.29, 1.82) is 0 Å². The molecule has 0 aromatic heterocycles. The summed E-state index contributed by atoms with van der Waals surface area (Å²) in [7, 11) is 0. The standard InChI is InChI=1S/C16H22N2O/c1-13-6-9-17(10-7-13)16(19)18-11-8-14-4-2-3-5-15(14)12-18/h2-5,13H,6-12H2,1H3. The second-order valence-electron chi connectivity index (χ2n) is 5.89. The molecule has 1 aromatic carbocycles. The number of hydrogen-bond donors (Lipinski definition) is 0. The molecular formula is C16H22N2O. The quantitative estimate of drug-likeness (QED) is 0.702. The molecule has 0 spiro atoms. The van der Waals surface area contributed by atoms with Crippen molar-refractivity contribution in [1.82, 2.24) is 9.80 Å². The third-order valence-corrected chi connectivity index (χ3v) is 4.46. The Kier molecular flexibility index (Phi) is 3.45. The van der Waals surface area contributed by atoms with Crippen LogP contribution in [-0.4, -0.2) is 35.5 Å². The molecule has 3 rings (SSSR count). The Morgan fingerprint density at radius 1 is 1.05 bits per heavy atom. The lowest BCUT2D eigenvalue weighted by Crippen LogP contribution is -2.48. The zero-order valence-corrected chi connectivity index (χ0v) is 11.6. The molecule has 0 unspecified atom stereocenters. The van der Waals surface area contributed by atoms with Gasteiger partial charge in [-0.25, -0.2) is 4.79 Å². The fraction of sp³-hybridized carbons (Fsp3) is 0.562. The van der Waals surface area contributed by atoms with Gasteiger partial charge in [0.15, 0.2) is 0 Å². The Morgan fingerprint density at radius 3 is 2.47 bits per heavy atom. The van der Waals surface area contributed by atoms with Gasteiger partial charge in [-0.2, -0.15) is 0 Å². The van der Waals surface area contributed by atoms with Crippen LogP contribution in [0, 0.1) is 5.92 Å². The van der Waals surface area contributed by atoms with Crippen LogP contribution < -0.4 is 0 Å². The Bertz CT molecular complexity index is 464. The number of carbonyl (C=O) groups excluding carboxylic acids is 1. The number of carbonyl (C=O) groups is 1. The smallest absolute Gasteiger partial charge is 0.320 e. The molecule has 0 bridgehead atoms. The molecule has 2 amide bonds. The highest BCUT2D eigenvalue weighted by Gasteiger charge is 2.27. The van der Waals surface area contributed by atoms with E-state index in [2.05, 4.69) is 31.2 Å². The van der Waals surface area contributed by atoms with Crippen LogP contribution in [0.4, 0.5) is 4.79 Å².